The minimum absolute atomic E-state index is 0.164. The Morgan fingerprint density at radius 3 is 2.29 bits per heavy atom. The van der Waals surface area contributed by atoms with Crippen LogP contribution in [0.4, 0.5) is 0 Å². The van der Waals surface area contributed by atoms with Crippen LogP contribution in [0.15, 0.2) is 30.3 Å². The van der Waals surface area contributed by atoms with Crippen molar-refractivity contribution in [2.45, 2.75) is 33.1 Å². The van der Waals surface area contributed by atoms with Crippen molar-refractivity contribution in [1.29, 1.82) is 0 Å². The largest absolute Gasteiger partial charge is 0.300 e. The van der Waals surface area contributed by atoms with E-state index in [2.05, 4.69) is 26.0 Å². The fourth-order valence-electron chi connectivity index (χ4n) is 1.98. The third-order valence-electron chi connectivity index (χ3n) is 2.89. The zero-order chi connectivity index (χ0) is 10.6. The van der Waals surface area contributed by atoms with Gasteiger partial charge in [0.05, 0.1) is 0 Å². The zero-order valence-electron chi connectivity index (χ0n) is 9.16. The molecule has 1 aromatic rings. The Morgan fingerprint density at radius 2 is 1.86 bits per heavy atom. The van der Waals surface area contributed by atoms with Gasteiger partial charge in [-0.2, -0.15) is 0 Å². The average molecular weight is 190 g/mol. The molecule has 1 rings (SSSR count). The van der Waals surface area contributed by atoms with Gasteiger partial charge < -0.3 is 0 Å². The van der Waals surface area contributed by atoms with Crippen LogP contribution in [-0.4, -0.2) is 5.78 Å². The van der Waals surface area contributed by atoms with Crippen LogP contribution in [0, 0.1) is 5.92 Å². The number of hydrogen-bond acceptors (Lipinski definition) is 1. The van der Waals surface area contributed by atoms with E-state index in [0.29, 0.717) is 11.7 Å². The van der Waals surface area contributed by atoms with Crippen LogP contribution in [0.3, 0.4) is 0 Å². The Hall–Kier alpha value is -1.11. The normalized spacial score (nSPS) is 14.8. The van der Waals surface area contributed by atoms with Gasteiger partial charge in [-0.05, 0) is 24.8 Å². The van der Waals surface area contributed by atoms with Gasteiger partial charge in [0.2, 0.25) is 0 Å². The topological polar surface area (TPSA) is 17.1 Å². The van der Waals surface area contributed by atoms with Gasteiger partial charge in [-0.3, -0.25) is 4.79 Å². The summed E-state index contributed by atoms with van der Waals surface area (Å²) in [5, 5.41) is 0. The monoisotopic (exact) mass is 190 g/mol. The number of carbonyl (C=O) groups excluding carboxylic acids is 1. The van der Waals surface area contributed by atoms with E-state index < -0.39 is 0 Å². The first-order valence-electron chi connectivity index (χ1n) is 5.22. The molecule has 0 aliphatic carbocycles. The van der Waals surface area contributed by atoms with Crippen molar-refractivity contribution in [3.05, 3.63) is 35.9 Å². The number of hydrogen-bond donors (Lipinski definition) is 0. The van der Waals surface area contributed by atoms with Crippen molar-refractivity contribution in [2.24, 2.45) is 5.92 Å². The minimum atomic E-state index is 0.164. The van der Waals surface area contributed by atoms with Crippen LogP contribution in [-0.2, 0) is 4.79 Å². The van der Waals surface area contributed by atoms with Gasteiger partial charge in [0.15, 0.2) is 0 Å². The molecule has 0 heterocycles. The van der Waals surface area contributed by atoms with Gasteiger partial charge in [-0.25, -0.2) is 0 Å². The molecule has 0 bridgehead atoms. The highest BCUT2D eigenvalue weighted by atomic mass is 16.1. The molecule has 2 atom stereocenters. The first kappa shape index (κ1) is 11.0. The molecule has 14 heavy (non-hydrogen) atoms. The molecule has 1 heteroatoms. The Kier molecular flexibility index (Phi) is 3.87. The van der Waals surface area contributed by atoms with E-state index in [1.807, 2.05) is 18.2 Å². The Balaban J connectivity index is 2.83. The number of rotatable bonds is 4. The maximum atomic E-state index is 11.4. The third-order valence-corrected chi connectivity index (χ3v) is 2.89. The molecule has 0 N–H and O–H groups in total. The van der Waals surface area contributed by atoms with Gasteiger partial charge in [0, 0.05) is 5.92 Å². The maximum Gasteiger partial charge on any atom is 0.133 e. The third kappa shape index (κ3) is 2.44. The highest BCUT2D eigenvalue weighted by molar-refractivity contribution is 5.79. The van der Waals surface area contributed by atoms with E-state index in [1.165, 1.54) is 5.56 Å². The van der Waals surface area contributed by atoms with Gasteiger partial charge in [0.25, 0.3) is 0 Å². The van der Waals surface area contributed by atoms with Crippen molar-refractivity contribution in [2.75, 3.05) is 0 Å². The van der Waals surface area contributed by atoms with E-state index in [0.717, 1.165) is 6.42 Å². The lowest BCUT2D eigenvalue weighted by molar-refractivity contribution is -0.121. The maximum absolute atomic E-state index is 11.4. The molecule has 0 saturated carbocycles. The summed E-state index contributed by atoms with van der Waals surface area (Å²) in [6.07, 6.45) is 0.922. The summed E-state index contributed by atoms with van der Waals surface area (Å²) in [6.45, 7) is 5.89. The Bertz CT molecular complexity index is 289. The smallest absolute Gasteiger partial charge is 0.133 e. The number of carbonyl (C=O) groups is 1. The fraction of sp³-hybridized carbons (Fsp3) is 0.462. The second-order valence-electron chi connectivity index (χ2n) is 3.82. The summed E-state index contributed by atoms with van der Waals surface area (Å²) in [5.41, 5.74) is 1.26. The number of benzene rings is 1. The van der Waals surface area contributed by atoms with Crippen molar-refractivity contribution >= 4 is 5.78 Å². The average Bonchev–Trinajstić information content (AvgIpc) is 2.19. The predicted octanol–water partition coefficient (Wildman–Crippen LogP) is 3.41. The fourth-order valence-corrected chi connectivity index (χ4v) is 1.98. The van der Waals surface area contributed by atoms with Gasteiger partial charge in [0.1, 0.15) is 5.78 Å². The van der Waals surface area contributed by atoms with E-state index in [4.69, 9.17) is 0 Å². The highest BCUT2D eigenvalue weighted by Gasteiger charge is 2.20. The molecular weight excluding hydrogens is 172 g/mol. The summed E-state index contributed by atoms with van der Waals surface area (Å²) in [4.78, 5) is 11.4. The number of ketones is 1. The summed E-state index contributed by atoms with van der Waals surface area (Å²) >= 11 is 0. The lowest BCUT2D eigenvalue weighted by atomic mass is 9.83. The van der Waals surface area contributed by atoms with Gasteiger partial charge >= 0.3 is 0 Å². The SMILES string of the molecule is CC[C@H](C(C)=O)[C@@H](C)c1ccccc1. The Morgan fingerprint density at radius 1 is 1.29 bits per heavy atom. The quantitative estimate of drug-likeness (QED) is 0.711. The molecule has 76 valence electrons. The molecule has 0 saturated heterocycles. The van der Waals surface area contributed by atoms with Crippen LogP contribution in [0.5, 0.6) is 0 Å². The van der Waals surface area contributed by atoms with Crippen LogP contribution < -0.4 is 0 Å². The lowest BCUT2D eigenvalue weighted by Gasteiger charge is -2.20. The van der Waals surface area contributed by atoms with Crippen LogP contribution in [0.25, 0.3) is 0 Å². The van der Waals surface area contributed by atoms with E-state index >= 15 is 0 Å². The zero-order valence-corrected chi connectivity index (χ0v) is 9.16. The van der Waals surface area contributed by atoms with E-state index in [-0.39, 0.29) is 5.92 Å². The molecule has 0 fully saturated rings. The van der Waals surface area contributed by atoms with Crippen molar-refractivity contribution in [3.63, 3.8) is 0 Å². The van der Waals surface area contributed by atoms with Gasteiger partial charge in [-0.15, -0.1) is 0 Å². The lowest BCUT2D eigenvalue weighted by Crippen LogP contribution is -2.17. The summed E-state index contributed by atoms with van der Waals surface area (Å²) in [6, 6.07) is 10.2. The Labute approximate surface area is 86.1 Å². The first-order valence-corrected chi connectivity index (χ1v) is 5.22. The van der Waals surface area contributed by atoms with Gasteiger partial charge in [-0.1, -0.05) is 44.2 Å². The predicted molar refractivity (Wildman–Crippen MR) is 59.3 cm³/mol. The molecule has 0 aliphatic heterocycles. The second kappa shape index (κ2) is 4.94. The molecule has 0 amide bonds. The molecule has 0 spiro atoms. The summed E-state index contributed by atoms with van der Waals surface area (Å²) in [7, 11) is 0. The second-order valence-corrected chi connectivity index (χ2v) is 3.82. The molecule has 1 aromatic carbocycles. The highest BCUT2D eigenvalue weighted by Crippen LogP contribution is 2.26. The van der Waals surface area contributed by atoms with E-state index in [9.17, 15) is 4.79 Å². The molecule has 1 nitrogen and oxygen atoms in total. The van der Waals surface area contributed by atoms with Crippen LogP contribution >= 0.6 is 0 Å². The molecular formula is C13H18O. The van der Waals surface area contributed by atoms with Crippen LogP contribution in [0.2, 0.25) is 0 Å². The summed E-state index contributed by atoms with van der Waals surface area (Å²) in [5.74, 6) is 0.792. The van der Waals surface area contributed by atoms with Crippen molar-refractivity contribution in [1.82, 2.24) is 0 Å². The van der Waals surface area contributed by atoms with Crippen LogP contribution in [0.1, 0.15) is 38.7 Å². The molecule has 0 aromatic heterocycles. The number of Topliss-reactive ketones (excluding diaryl/α,β-unsaturated/α-hetero) is 1. The molecule has 0 radical (unpaired) electrons. The minimum Gasteiger partial charge on any atom is -0.300 e. The standard InChI is InChI=1S/C13H18O/c1-4-13(11(3)14)10(2)12-8-6-5-7-9-12/h5-10,13H,4H2,1-3H3/t10-,13-/m0/s1. The first-order chi connectivity index (χ1) is 6.66. The molecule has 0 aliphatic rings. The van der Waals surface area contributed by atoms with Crippen molar-refractivity contribution in [3.8, 4) is 0 Å². The molecule has 0 unspecified atom stereocenters. The van der Waals surface area contributed by atoms with E-state index in [1.54, 1.807) is 6.92 Å². The van der Waals surface area contributed by atoms with Crippen molar-refractivity contribution < 1.29 is 4.79 Å². The summed E-state index contributed by atoms with van der Waals surface area (Å²) < 4.78 is 0.